The first-order valence-electron chi connectivity index (χ1n) is 9.60. The van der Waals surface area contributed by atoms with Gasteiger partial charge in [-0.25, -0.2) is 0 Å². The highest BCUT2D eigenvalue weighted by Gasteiger charge is 2.21. The van der Waals surface area contributed by atoms with Crippen molar-refractivity contribution in [3.63, 3.8) is 0 Å². The molecule has 2 aromatic carbocycles. The Hall–Kier alpha value is -2.90. The average Bonchev–Trinajstić information content (AvgIpc) is 3.39. The Morgan fingerprint density at radius 2 is 2.07 bits per heavy atom. The zero-order valence-corrected chi connectivity index (χ0v) is 15.6. The zero-order valence-electron chi connectivity index (χ0n) is 15.6. The largest absolute Gasteiger partial charge is 0.484 e. The minimum absolute atomic E-state index is 0.0740. The highest BCUT2D eigenvalue weighted by atomic mass is 16.5. The maximum Gasteiger partial charge on any atom is 0.262 e. The van der Waals surface area contributed by atoms with E-state index in [9.17, 15) is 9.59 Å². The molecule has 2 saturated heterocycles. The van der Waals surface area contributed by atoms with E-state index in [0.717, 1.165) is 42.9 Å². The van der Waals surface area contributed by atoms with Crippen molar-refractivity contribution in [2.75, 3.05) is 29.9 Å². The SMILES string of the molecule is O=C(COc1ccc(N2CCCC2=O)cc1)Nc1cccc(C2CCNN2)c1. The molecule has 0 saturated carbocycles. The van der Waals surface area contributed by atoms with Gasteiger partial charge in [0.2, 0.25) is 5.91 Å². The molecule has 2 aromatic rings. The first-order valence-corrected chi connectivity index (χ1v) is 9.60. The number of nitrogens with zero attached hydrogens (tertiary/aromatic N) is 1. The predicted octanol–water partition coefficient (Wildman–Crippen LogP) is 2.37. The molecule has 7 heteroatoms. The van der Waals surface area contributed by atoms with Crippen molar-refractivity contribution in [3.05, 3.63) is 54.1 Å². The fourth-order valence-electron chi connectivity index (χ4n) is 3.56. The summed E-state index contributed by atoms with van der Waals surface area (Å²) in [4.78, 5) is 25.8. The molecule has 2 aliphatic rings. The molecule has 1 unspecified atom stereocenters. The van der Waals surface area contributed by atoms with E-state index in [0.29, 0.717) is 12.2 Å². The molecule has 0 aromatic heterocycles. The number of anilines is 2. The second kappa shape index (κ2) is 8.41. The van der Waals surface area contributed by atoms with Crippen LogP contribution in [0, 0.1) is 0 Å². The number of nitrogens with one attached hydrogen (secondary N) is 3. The van der Waals surface area contributed by atoms with Gasteiger partial charge in [-0.05, 0) is 54.8 Å². The molecule has 3 N–H and O–H groups in total. The van der Waals surface area contributed by atoms with Crippen LogP contribution in [0.5, 0.6) is 5.75 Å². The molecule has 0 spiro atoms. The molecule has 146 valence electrons. The minimum atomic E-state index is -0.214. The average molecular weight is 380 g/mol. The van der Waals surface area contributed by atoms with Crippen LogP contribution in [0.3, 0.4) is 0 Å². The minimum Gasteiger partial charge on any atom is -0.484 e. The molecule has 2 aliphatic heterocycles. The Morgan fingerprint density at radius 3 is 2.79 bits per heavy atom. The van der Waals surface area contributed by atoms with Gasteiger partial charge in [0.15, 0.2) is 6.61 Å². The van der Waals surface area contributed by atoms with E-state index in [4.69, 9.17) is 4.74 Å². The standard InChI is InChI=1S/C21H24N4O3/c26-20(23-16-4-1-3-15(13-16)19-10-11-22-24-19)14-28-18-8-6-17(7-9-18)25-12-2-5-21(25)27/h1,3-4,6-9,13,19,22,24H,2,5,10-12,14H2,(H,23,26). The quantitative estimate of drug-likeness (QED) is 0.717. The van der Waals surface area contributed by atoms with Gasteiger partial charge in [-0.2, -0.15) is 0 Å². The number of hydrogen-bond acceptors (Lipinski definition) is 5. The van der Waals surface area contributed by atoms with Gasteiger partial charge in [0.05, 0.1) is 0 Å². The fourth-order valence-corrected chi connectivity index (χ4v) is 3.56. The first kappa shape index (κ1) is 18.5. The molecular weight excluding hydrogens is 356 g/mol. The summed E-state index contributed by atoms with van der Waals surface area (Å²) in [7, 11) is 0. The third kappa shape index (κ3) is 4.32. The van der Waals surface area contributed by atoms with Crippen LogP contribution in [0.15, 0.2) is 48.5 Å². The van der Waals surface area contributed by atoms with Crippen molar-refractivity contribution in [3.8, 4) is 5.75 Å². The summed E-state index contributed by atoms with van der Waals surface area (Å²) >= 11 is 0. The number of ether oxygens (including phenoxy) is 1. The van der Waals surface area contributed by atoms with Crippen LogP contribution in [0.1, 0.15) is 30.9 Å². The number of rotatable bonds is 6. The lowest BCUT2D eigenvalue weighted by molar-refractivity contribution is -0.118. The van der Waals surface area contributed by atoms with Crippen molar-refractivity contribution < 1.29 is 14.3 Å². The van der Waals surface area contributed by atoms with Gasteiger partial charge in [-0.3, -0.25) is 20.4 Å². The van der Waals surface area contributed by atoms with E-state index in [-0.39, 0.29) is 24.5 Å². The topological polar surface area (TPSA) is 82.7 Å². The van der Waals surface area contributed by atoms with Gasteiger partial charge in [-0.15, -0.1) is 0 Å². The fraction of sp³-hybridized carbons (Fsp3) is 0.333. The number of amides is 2. The smallest absolute Gasteiger partial charge is 0.262 e. The molecule has 2 heterocycles. The van der Waals surface area contributed by atoms with Gasteiger partial charge in [0.1, 0.15) is 5.75 Å². The molecule has 0 radical (unpaired) electrons. The Bertz CT molecular complexity index is 847. The molecule has 28 heavy (non-hydrogen) atoms. The van der Waals surface area contributed by atoms with Crippen LogP contribution in [-0.2, 0) is 9.59 Å². The Balaban J connectivity index is 1.29. The number of carbonyl (C=O) groups excluding carboxylic acids is 2. The van der Waals surface area contributed by atoms with Crippen LogP contribution < -0.4 is 25.8 Å². The number of hydrazine groups is 1. The molecule has 0 bridgehead atoms. The van der Waals surface area contributed by atoms with Crippen molar-refractivity contribution in [1.29, 1.82) is 0 Å². The van der Waals surface area contributed by atoms with Crippen LogP contribution in [0.2, 0.25) is 0 Å². The molecule has 2 fully saturated rings. The summed E-state index contributed by atoms with van der Waals surface area (Å²) in [5.41, 5.74) is 9.08. The monoisotopic (exact) mass is 380 g/mol. The Labute approximate surface area is 164 Å². The molecule has 4 rings (SSSR count). The van der Waals surface area contributed by atoms with Crippen molar-refractivity contribution >= 4 is 23.2 Å². The van der Waals surface area contributed by atoms with Crippen molar-refractivity contribution in [2.45, 2.75) is 25.3 Å². The number of benzene rings is 2. The lowest BCUT2D eigenvalue weighted by Crippen LogP contribution is -2.25. The van der Waals surface area contributed by atoms with Crippen LogP contribution in [-0.4, -0.2) is 31.5 Å². The van der Waals surface area contributed by atoms with Crippen molar-refractivity contribution in [2.24, 2.45) is 0 Å². The first-order chi connectivity index (χ1) is 13.7. The Morgan fingerprint density at radius 1 is 1.21 bits per heavy atom. The third-order valence-electron chi connectivity index (χ3n) is 5.00. The summed E-state index contributed by atoms with van der Waals surface area (Å²) in [6.45, 7) is 1.61. The highest BCUT2D eigenvalue weighted by Crippen LogP contribution is 2.24. The lowest BCUT2D eigenvalue weighted by Gasteiger charge is -2.16. The summed E-state index contributed by atoms with van der Waals surface area (Å²) in [6, 6.07) is 15.4. The van der Waals surface area contributed by atoms with E-state index in [1.807, 2.05) is 36.4 Å². The van der Waals surface area contributed by atoms with E-state index in [2.05, 4.69) is 16.2 Å². The summed E-state index contributed by atoms with van der Waals surface area (Å²) < 4.78 is 5.58. The second-order valence-corrected chi connectivity index (χ2v) is 7.02. The Kier molecular flexibility index (Phi) is 5.55. The summed E-state index contributed by atoms with van der Waals surface area (Å²) in [6.07, 6.45) is 2.51. The van der Waals surface area contributed by atoms with Gasteiger partial charge in [-0.1, -0.05) is 12.1 Å². The van der Waals surface area contributed by atoms with Gasteiger partial charge < -0.3 is 15.0 Å². The van der Waals surface area contributed by atoms with E-state index >= 15 is 0 Å². The second-order valence-electron chi connectivity index (χ2n) is 7.02. The highest BCUT2D eigenvalue weighted by molar-refractivity contribution is 5.95. The molecule has 1 atom stereocenters. The molecule has 7 nitrogen and oxygen atoms in total. The molecule has 2 amide bonds. The number of carbonyl (C=O) groups is 2. The maximum absolute atomic E-state index is 12.2. The van der Waals surface area contributed by atoms with E-state index < -0.39 is 0 Å². The van der Waals surface area contributed by atoms with Crippen LogP contribution >= 0.6 is 0 Å². The van der Waals surface area contributed by atoms with Gasteiger partial charge in [0.25, 0.3) is 5.91 Å². The molecule has 0 aliphatic carbocycles. The lowest BCUT2D eigenvalue weighted by atomic mass is 10.1. The third-order valence-corrected chi connectivity index (χ3v) is 5.00. The normalized spacial score (nSPS) is 19.1. The zero-order chi connectivity index (χ0) is 19.3. The van der Waals surface area contributed by atoms with Crippen LogP contribution in [0.25, 0.3) is 0 Å². The number of hydrogen-bond donors (Lipinski definition) is 3. The van der Waals surface area contributed by atoms with Gasteiger partial charge in [0, 0.05) is 36.9 Å². The van der Waals surface area contributed by atoms with E-state index in [1.54, 1.807) is 17.0 Å². The van der Waals surface area contributed by atoms with Gasteiger partial charge >= 0.3 is 0 Å². The van der Waals surface area contributed by atoms with E-state index in [1.165, 1.54) is 0 Å². The summed E-state index contributed by atoms with van der Waals surface area (Å²) in [5, 5.41) is 2.87. The van der Waals surface area contributed by atoms with Crippen LogP contribution in [0.4, 0.5) is 11.4 Å². The van der Waals surface area contributed by atoms with Crippen molar-refractivity contribution in [1.82, 2.24) is 10.9 Å². The predicted molar refractivity (Wildman–Crippen MR) is 107 cm³/mol. The maximum atomic E-state index is 12.2. The summed E-state index contributed by atoms with van der Waals surface area (Å²) in [5.74, 6) is 0.535. The molecular formula is C21H24N4O3.